The molecule has 5 heterocycles. The molecular formula is C23H21FN6O3S. The molecule has 34 heavy (non-hydrogen) atoms. The van der Waals surface area contributed by atoms with Crippen LogP contribution in [-0.4, -0.2) is 49.6 Å². The number of aromatic nitrogens is 4. The first-order valence-corrected chi connectivity index (χ1v) is 11.6. The second-order valence-electron chi connectivity index (χ2n) is 8.30. The zero-order valence-electron chi connectivity index (χ0n) is 18.5. The Morgan fingerprint density at radius 1 is 1.29 bits per heavy atom. The Hall–Kier alpha value is -3.73. The summed E-state index contributed by atoms with van der Waals surface area (Å²) in [5.41, 5.74) is 1.86. The van der Waals surface area contributed by atoms with Gasteiger partial charge in [-0.05, 0) is 31.5 Å². The summed E-state index contributed by atoms with van der Waals surface area (Å²) in [5, 5.41) is 3.89. The number of aryl methyl sites for hydroxylation is 1. The van der Waals surface area contributed by atoms with Crippen LogP contribution in [0.1, 0.15) is 50.8 Å². The average Bonchev–Trinajstić information content (AvgIpc) is 3.44. The third-order valence-corrected chi connectivity index (χ3v) is 6.66. The molecule has 1 aliphatic heterocycles. The van der Waals surface area contributed by atoms with Gasteiger partial charge in [-0.3, -0.25) is 14.6 Å². The predicted molar refractivity (Wildman–Crippen MR) is 123 cm³/mol. The van der Waals surface area contributed by atoms with Crippen molar-refractivity contribution in [2.75, 3.05) is 18.4 Å². The highest BCUT2D eigenvalue weighted by Gasteiger charge is 2.35. The van der Waals surface area contributed by atoms with Gasteiger partial charge in [0, 0.05) is 31.6 Å². The minimum absolute atomic E-state index is 0.000620. The molecule has 1 amide bonds. The Bertz CT molecular complexity index is 1370. The molecule has 4 aromatic rings. The highest BCUT2D eigenvalue weighted by atomic mass is 32.1. The summed E-state index contributed by atoms with van der Waals surface area (Å²) in [6, 6.07) is 2.68. The van der Waals surface area contributed by atoms with Crippen molar-refractivity contribution >= 4 is 39.3 Å². The van der Waals surface area contributed by atoms with Crippen LogP contribution in [-0.2, 0) is 0 Å². The summed E-state index contributed by atoms with van der Waals surface area (Å²) >= 11 is 1.36. The van der Waals surface area contributed by atoms with Crippen LogP contribution in [0.4, 0.5) is 10.3 Å². The molecule has 0 spiro atoms. The zero-order chi connectivity index (χ0) is 23.8. The lowest BCUT2D eigenvalue weighted by molar-refractivity contribution is 0.0466. The summed E-state index contributed by atoms with van der Waals surface area (Å²) in [7, 11) is 0. The number of nitrogens with zero attached hydrogens (tertiary/aromatic N) is 5. The Morgan fingerprint density at radius 3 is 2.85 bits per heavy atom. The molecule has 1 aliphatic rings. The zero-order valence-corrected chi connectivity index (χ0v) is 19.3. The van der Waals surface area contributed by atoms with Crippen LogP contribution in [0.2, 0.25) is 0 Å². The van der Waals surface area contributed by atoms with Gasteiger partial charge >= 0.3 is 0 Å². The van der Waals surface area contributed by atoms with E-state index in [1.165, 1.54) is 29.9 Å². The maximum absolute atomic E-state index is 13.6. The van der Waals surface area contributed by atoms with Crippen LogP contribution in [0.3, 0.4) is 0 Å². The van der Waals surface area contributed by atoms with Gasteiger partial charge in [-0.1, -0.05) is 0 Å². The number of fused-ring (bicyclic) bond motifs is 1. The second kappa shape index (κ2) is 8.90. The number of carbonyl (C=O) groups excluding carboxylic acids is 2. The lowest BCUT2D eigenvalue weighted by Crippen LogP contribution is -2.50. The molecule has 9 nitrogen and oxygen atoms in total. The number of hydrogen-bond acceptors (Lipinski definition) is 9. The fraction of sp³-hybridized carbons (Fsp3) is 0.304. The minimum atomic E-state index is -0.438. The van der Waals surface area contributed by atoms with Crippen molar-refractivity contribution in [3.05, 3.63) is 64.7 Å². The largest absolute Gasteiger partial charge is 0.472 e. The molecular weight excluding hydrogens is 459 g/mol. The van der Waals surface area contributed by atoms with Crippen molar-refractivity contribution in [2.45, 2.75) is 26.3 Å². The van der Waals surface area contributed by atoms with E-state index in [1.807, 2.05) is 13.8 Å². The van der Waals surface area contributed by atoms with E-state index in [1.54, 1.807) is 17.2 Å². The number of anilines is 1. The highest BCUT2D eigenvalue weighted by Crippen LogP contribution is 2.29. The van der Waals surface area contributed by atoms with E-state index in [4.69, 9.17) is 4.42 Å². The van der Waals surface area contributed by atoms with Crippen LogP contribution < -0.4 is 5.32 Å². The number of thiazole rings is 1. The number of ketones is 1. The summed E-state index contributed by atoms with van der Waals surface area (Å²) in [4.78, 5) is 44.5. The van der Waals surface area contributed by atoms with E-state index < -0.39 is 5.82 Å². The summed E-state index contributed by atoms with van der Waals surface area (Å²) in [6.07, 6.45) is 5.95. The maximum atomic E-state index is 13.6. The molecule has 174 valence electrons. The van der Waals surface area contributed by atoms with Gasteiger partial charge in [-0.15, -0.1) is 11.3 Å². The van der Waals surface area contributed by atoms with Gasteiger partial charge < -0.3 is 14.6 Å². The van der Waals surface area contributed by atoms with Gasteiger partial charge in [0.15, 0.2) is 17.1 Å². The number of carbonyl (C=O) groups is 2. The molecule has 5 rings (SSSR count). The standard InChI is InChI=1S/C23H21FN6O3S/c1-12(16-6-17(24)8-25-7-16)26-23-28-19(20-21(29-23)27-13(2)34-20)22(32)30-9-14(10-30)5-18(31)15-3-4-33-11-15/h3-4,6-8,11-12,14H,5,9-10H2,1-2H3,(H,26,28,29). The first-order valence-electron chi connectivity index (χ1n) is 10.7. The van der Waals surface area contributed by atoms with Crippen LogP contribution >= 0.6 is 11.3 Å². The van der Waals surface area contributed by atoms with Crippen molar-refractivity contribution in [2.24, 2.45) is 5.92 Å². The van der Waals surface area contributed by atoms with Crippen LogP contribution in [0.25, 0.3) is 10.3 Å². The molecule has 1 atom stereocenters. The number of furan rings is 1. The van der Waals surface area contributed by atoms with E-state index in [0.717, 1.165) is 11.2 Å². The normalized spacial score (nSPS) is 14.7. The molecule has 11 heteroatoms. The first kappa shape index (κ1) is 22.1. The van der Waals surface area contributed by atoms with Gasteiger partial charge in [0.25, 0.3) is 5.91 Å². The maximum Gasteiger partial charge on any atom is 0.274 e. The number of nitrogens with one attached hydrogen (secondary N) is 1. The van der Waals surface area contributed by atoms with Crippen molar-refractivity contribution in [1.29, 1.82) is 0 Å². The van der Waals surface area contributed by atoms with Gasteiger partial charge in [0.2, 0.25) is 5.95 Å². The average molecular weight is 481 g/mol. The van der Waals surface area contributed by atoms with Crippen LogP contribution in [0.15, 0.2) is 41.5 Å². The van der Waals surface area contributed by atoms with E-state index in [9.17, 15) is 14.0 Å². The van der Waals surface area contributed by atoms with Crippen molar-refractivity contribution in [3.63, 3.8) is 0 Å². The quantitative estimate of drug-likeness (QED) is 0.394. The molecule has 0 radical (unpaired) electrons. The fourth-order valence-corrected chi connectivity index (χ4v) is 4.74. The van der Waals surface area contributed by atoms with Crippen molar-refractivity contribution in [3.8, 4) is 0 Å². The number of likely N-dealkylation sites (tertiary alicyclic amines) is 1. The molecule has 1 fully saturated rings. The van der Waals surface area contributed by atoms with Gasteiger partial charge in [0.05, 0.1) is 29.1 Å². The van der Waals surface area contributed by atoms with E-state index >= 15 is 0 Å². The number of pyridine rings is 1. The van der Waals surface area contributed by atoms with Crippen molar-refractivity contribution < 1.29 is 18.4 Å². The lowest BCUT2D eigenvalue weighted by Gasteiger charge is -2.38. The number of Topliss-reactive ketones (excluding diaryl/α,β-unsaturated/α-hetero) is 1. The van der Waals surface area contributed by atoms with Crippen LogP contribution in [0.5, 0.6) is 0 Å². The minimum Gasteiger partial charge on any atom is -0.472 e. The fourth-order valence-electron chi connectivity index (χ4n) is 3.90. The monoisotopic (exact) mass is 480 g/mol. The molecule has 4 aromatic heterocycles. The molecule has 0 aromatic carbocycles. The first-order chi connectivity index (χ1) is 16.4. The number of amides is 1. The van der Waals surface area contributed by atoms with Gasteiger partial charge in [0.1, 0.15) is 16.8 Å². The number of halogens is 1. The van der Waals surface area contributed by atoms with Crippen molar-refractivity contribution in [1.82, 2.24) is 24.8 Å². The Morgan fingerprint density at radius 2 is 2.12 bits per heavy atom. The second-order valence-corrected chi connectivity index (χ2v) is 9.50. The number of hydrogen-bond donors (Lipinski definition) is 1. The summed E-state index contributed by atoms with van der Waals surface area (Å²) in [5.74, 6) is -0.353. The molecule has 1 unspecified atom stereocenters. The van der Waals surface area contributed by atoms with E-state index in [0.29, 0.717) is 41.0 Å². The Kier molecular flexibility index (Phi) is 5.78. The number of rotatable bonds is 7. The van der Waals surface area contributed by atoms with Gasteiger partial charge in [-0.25, -0.2) is 14.4 Å². The van der Waals surface area contributed by atoms with Gasteiger partial charge in [-0.2, -0.15) is 4.98 Å². The third-order valence-electron chi connectivity index (χ3n) is 5.70. The van der Waals surface area contributed by atoms with Crippen LogP contribution in [0, 0.1) is 18.7 Å². The molecule has 0 bridgehead atoms. The highest BCUT2D eigenvalue weighted by molar-refractivity contribution is 7.18. The summed E-state index contributed by atoms with van der Waals surface area (Å²) in [6.45, 7) is 4.62. The SMILES string of the molecule is Cc1nc2nc(NC(C)c3cncc(F)c3)nc(C(=O)N3CC(CC(=O)c4ccoc4)C3)c2s1. The summed E-state index contributed by atoms with van der Waals surface area (Å²) < 4.78 is 19.2. The molecule has 1 saturated heterocycles. The lowest BCUT2D eigenvalue weighted by atomic mass is 9.92. The molecule has 1 N–H and O–H groups in total. The smallest absolute Gasteiger partial charge is 0.274 e. The van der Waals surface area contributed by atoms with E-state index in [2.05, 4.69) is 25.3 Å². The molecule has 0 saturated carbocycles. The molecule has 0 aliphatic carbocycles. The van der Waals surface area contributed by atoms with E-state index in [-0.39, 0.29) is 35.3 Å². The Labute approximate surface area is 198 Å². The predicted octanol–water partition coefficient (Wildman–Crippen LogP) is 4.04. The topological polar surface area (TPSA) is 114 Å². The third kappa shape index (κ3) is 4.38. The Balaban J connectivity index is 1.33.